The predicted octanol–water partition coefficient (Wildman–Crippen LogP) is 3.00. The van der Waals surface area contributed by atoms with Gasteiger partial charge in [0.2, 0.25) is 0 Å². The van der Waals surface area contributed by atoms with Crippen molar-refractivity contribution < 1.29 is 4.79 Å². The Labute approximate surface area is 105 Å². The van der Waals surface area contributed by atoms with Gasteiger partial charge in [-0.3, -0.25) is 9.69 Å². The normalized spacial score (nSPS) is 20.7. The Morgan fingerprint density at radius 1 is 1.38 bits per heavy atom. The van der Waals surface area contributed by atoms with Crippen LogP contribution < -0.4 is 0 Å². The molecule has 0 bridgehead atoms. The average Bonchev–Trinajstić information content (AvgIpc) is 2.68. The SMILES string of the molecule is CN(Cc1ccc(Br)cc1)C1CCCC1=O. The molecule has 3 heteroatoms. The van der Waals surface area contributed by atoms with E-state index < -0.39 is 0 Å². The first-order valence-electron chi connectivity index (χ1n) is 5.64. The van der Waals surface area contributed by atoms with Crippen molar-refractivity contribution in [1.29, 1.82) is 0 Å². The summed E-state index contributed by atoms with van der Waals surface area (Å²) in [7, 11) is 2.04. The molecule has 0 amide bonds. The third-order valence-corrected chi connectivity index (χ3v) is 3.68. The lowest BCUT2D eigenvalue weighted by molar-refractivity contribution is -0.121. The van der Waals surface area contributed by atoms with E-state index in [1.807, 2.05) is 19.2 Å². The fourth-order valence-corrected chi connectivity index (χ4v) is 2.52. The Bertz CT molecular complexity index is 374. The first-order chi connectivity index (χ1) is 7.66. The first-order valence-corrected chi connectivity index (χ1v) is 6.43. The smallest absolute Gasteiger partial charge is 0.149 e. The Morgan fingerprint density at radius 3 is 2.62 bits per heavy atom. The van der Waals surface area contributed by atoms with E-state index in [9.17, 15) is 4.79 Å². The third-order valence-electron chi connectivity index (χ3n) is 3.15. The van der Waals surface area contributed by atoms with Gasteiger partial charge in [-0.25, -0.2) is 0 Å². The number of ketones is 1. The number of Topliss-reactive ketones (excluding diaryl/α,β-unsaturated/α-hetero) is 1. The van der Waals surface area contributed by atoms with E-state index in [-0.39, 0.29) is 6.04 Å². The van der Waals surface area contributed by atoms with E-state index >= 15 is 0 Å². The minimum absolute atomic E-state index is 0.142. The Kier molecular flexibility index (Phi) is 3.77. The molecule has 0 saturated heterocycles. The van der Waals surface area contributed by atoms with Crippen molar-refractivity contribution in [1.82, 2.24) is 4.90 Å². The van der Waals surface area contributed by atoms with Gasteiger partial charge < -0.3 is 0 Å². The van der Waals surface area contributed by atoms with E-state index in [0.29, 0.717) is 5.78 Å². The van der Waals surface area contributed by atoms with Gasteiger partial charge in [-0.2, -0.15) is 0 Å². The highest BCUT2D eigenvalue weighted by molar-refractivity contribution is 9.10. The zero-order valence-electron chi connectivity index (χ0n) is 9.45. The summed E-state index contributed by atoms with van der Waals surface area (Å²) in [6, 6.07) is 8.42. The molecular formula is C13H16BrNO. The second kappa shape index (κ2) is 5.11. The maximum Gasteiger partial charge on any atom is 0.149 e. The number of hydrogen-bond donors (Lipinski definition) is 0. The summed E-state index contributed by atoms with van der Waals surface area (Å²) in [5, 5.41) is 0. The number of benzene rings is 1. The van der Waals surface area contributed by atoms with E-state index in [1.165, 1.54) is 5.56 Å². The Hall–Kier alpha value is -0.670. The summed E-state index contributed by atoms with van der Waals surface area (Å²) in [6.07, 6.45) is 2.83. The van der Waals surface area contributed by atoms with Crippen LogP contribution in [0.3, 0.4) is 0 Å². The summed E-state index contributed by atoms with van der Waals surface area (Å²) in [4.78, 5) is 13.8. The van der Waals surface area contributed by atoms with Crippen LogP contribution in [0.2, 0.25) is 0 Å². The molecule has 0 heterocycles. The van der Waals surface area contributed by atoms with Gasteiger partial charge in [0.15, 0.2) is 0 Å². The predicted molar refractivity (Wildman–Crippen MR) is 68.3 cm³/mol. The van der Waals surface area contributed by atoms with Gasteiger partial charge in [-0.05, 0) is 37.6 Å². The summed E-state index contributed by atoms with van der Waals surface area (Å²) >= 11 is 3.42. The number of nitrogens with zero attached hydrogens (tertiary/aromatic N) is 1. The number of halogens is 1. The molecule has 2 nitrogen and oxygen atoms in total. The highest BCUT2D eigenvalue weighted by Gasteiger charge is 2.27. The molecule has 2 rings (SSSR count). The fourth-order valence-electron chi connectivity index (χ4n) is 2.25. The summed E-state index contributed by atoms with van der Waals surface area (Å²) in [5.74, 6) is 0.402. The molecule has 86 valence electrons. The van der Waals surface area contributed by atoms with E-state index in [4.69, 9.17) is 0 Å². The largest absolute Gasteiger partial charge is 0.298 e. The first kappa shape index (κ1) is 11.8. The van der Waals surface area contributed by atoms with E-state index in [0.717, 1.165) is 30.3 Å². The topological polar surface area (TPSA) is 20.3 Å². The molecule has 0 radical (unpaired) electrons. The van der Waals surface area contributed by atoms with Gasteiger partial charge in [0, 0.05) is 17.4 Å². The lowest BCUT2D eigenvalue weighted by Gasteiger charge is -2.22. The zero-order chi connectivity index (χ0) is 11.5. The number of carbonyl (C=O) groups excluding carboxylic acids is 1. The number of carbonyl (C=O) groups is 1. The summed E-state index contributed by atoms with van der Waals surface area (Å²) in [6.45, 7) is 0.851. The van der Waals surface area contributed by atoms with Gasteiger partial charge in [-0.15, -0.1) is 0 Å². The monoisotopic (exact) mass is 281 g/mol. The molecule has 16 heavy (non-hydrogen) atoms. The summed E-state index contributed by atoms with van der Waals surface area (Å²) < 4.78 is 1.09. The van der Waals surface area contributed by atoms with Crippen LogP contribution in [0.15, 0.2) is 28.7 Å². The van der Waals surface area contributed by atoms with E-state index in [2.05, 4.69) is 33.0 Å². The molecule has 1 aliphatic rings. The number of hydrogen-bond acceptors (Lipinski definition) is 2. The van der Waals surface area contributed by atoms with Gasteiger partial charge in [0.25, 0.3) is 0 Å². The van der Waals surface area contributed by atoms with Crippen LogP contribution in [-0.2, 0) is 11.3 Å². The van der Waals surface area contributed by atoms with Crippen LogP contribution in [0, 0.1) is 0 Å². The van der Waals surface area contributed by atoms with Crippen LogP contribution in [0.5, 0.6) is 0 Å². The highest BCUT2D eigenvalue weighted by Crippen LogP contribution is 2.21. The molecule has 0 aliphatic heterocycles. The van der Waals surface area contributed by atoms with Crippen LogP contribution in [-0.4, -0.2) is 23.8 Å². The molecule has 1 saturated carbocycles. The quantitative estimate of drug-likeness (QED) is 0.849. The van der Waals surface area contributed by atoms with Gasteiger partial charge in [0.05, 0.1) is 6.04 Å². The van der Waals surface area contributed by atoms with Crippen molar-refractivity contribution in [3.63, 3.8) is 0 Å². The molecule has 1 fully saturated rings. The maximum absolute atomic E-state index is 11.6. The molecular weight excluding hydrogens is 266 g/mol. The molecule has 1 aliphatic carbocycles. The maximum atomic E-state index is 11.6. The Balaban J connectivity index is 1.98. The second-order valence-corrected chi connectivity index (χ2v) is 5.33. The molecule has 0 aromatic heterocycles. The third kappa shape index (κ3) is 2.71. The van der Waals surface area contributed by atoms with Gasteiger partial charge in [0.1, 0.15) is 5.78 Å². The molecule has 0 spiro atoms. The van der Waals surface area contributed by atoms with Crippen molar-refractivity contribution >= 4 is 21.7 Å². The molecule has 1 atom stereocenters. The Morgan fingerprint density at radius 2 is 2.06 bits per heavy atom. The zero-order valence-corrected chi connectivity index (χ0v) is 11.0. The van der Waals surface area contributed by atoms with Crippen LogP contribution in [0.1, 0.15) is 24.8 Å². The summed E-state index contributed by atoms with van der Waals surface area (Å²) in [5.41, 5.74) is 1.26. The van der Waals surface area contributed by atoms with Crippen LogP contribution >= 0.6 is 15.9 Å². The minimum Gasteiger partial charge on any atom is -0.298 e. The van der Waals surface area contributed by atoms with Crippen molar-refractivity contribution in [3.8, 4) is 0 Å². The van der Waals surface area contributed by atoms with Crippen molar-refractivity contribution in [2.24, 2.45) is 0 Å². The van der Waals surface area contributed by atoms with Gasteiger partial charge >= 0.3 is 0 Å². The second-order valence-electron chi connectivity index (χ2n) is 4.42. The van der Waals surface area contributed by atoms with Gasteiger partial charge in [-0.1, -0.05) is 28.1 Å². The number of likely N-dealkylation sites (N-methyl/N-ethyl adjacent to an activating group) is 1. The average molecular weight is 282 g/mol. The molecule has 1 aromatic rings. The lowest BCUT2D eigenvalue weighted by Crippen LogP contribution is -2.34. The van der Waals surface area contributed by atoms with E-state index in [1.54, 1.807) is 0 Å². The molecule has 1 aromatic carbocycles. The fraction of sp³-hybridized carbons (Fsp3) is 0.462. The molecule has 1 unspecified atom stereocenters. The van der Waals surface area contributed by atoms with Crippen LogP contribution in [0.25, 0.3) is 0 Å². The van der Waals surface area contributed by atoms with Crippen molar-refractivity contribution in [2.75, 3.05) is 7.05 Å². The van der Waals surface area contributed by atoms with Crippen molar-refractivity contribution in [2.45, 2.75) is 31.8 Å². The lowest BCUT2D eigenvalue weighted by atomic mass is 10.1. The standard InChI is InChI=1S/C13H16BrNO/c1-15(12-3-2-4-13(12)16)9-10-5-7-11(14)8-6-10/h5-8,12H,2-4,9H2,1H3. The molecule has 0 N–H and O–H groups in total. The minimum atomic E-state index is 0.142. The highest BCUT2D eigenvalue weighted by atomic mass is 79.9. The van der Waals surface area contributed by atoms with Crippen LogP contribution in [0.4, 0.5) is 0 Å². The number of rotatable bonds is 3. The van der Waals surface area contributed by atoms with Crippen molar-refractivity contribution in [3.05, 3.63) is 34.3 Å².